The molecule has 16 heavy (non-hydrogen) atoms. The van der Waals surface area contributed by atoms with Gasteiger partial charge in [-0.05, 0) is 30.3 Å². The van der Waals surface area contributed by atoms with Crippen LogP contribution in [0.1, 0.15) is 27.7 Å². The first-order chi connectivity index (χ1) is 7.72. The molecule has 2 heteroatoms. The van der Waals surface area contributed by atoms with Gasteiger partial charge in [0.15, 0.2) is 0 Å². The van der Waals surface area contributed by atoms with Crippen LogP contribution in [-0.2, 0) is 0 Å². The quantitative estimate of drug-likeness (QED) is 0.584. The molecule has 1 aromatic rings. The standard InChI is InChI=1S/C10H12N2.2C2H6/c1-3-8(2)12-10-6-4-9(11)5-7-10;2*1-2/h3-7,12H,1-2,11H2;2*1-2H3. The van der Waals surface area contributed by atoms with Crippen molar-refractivity contribution in [2.24, 2.45) is 0 Å². The van der Waals surface area contributed by atoms with E-state index in [2.05, 4.69) is 18.5 Å². The molecule has 0 spiro atoms. The van der Waals surface area contributed by atoms with Gasteiger partial charge >= 0.3 is 0 Å². The first-order valence-corrected chi connectivity index (χ1v) is 5.66. The monoisotopic (exact) mass is 220 g/mol. The van der Waals surface area contributed by atoms with Crippen LogP contribution < -0.4 is 11.1 Å². The highest BCUT2D eigenvalue weighted by atomic mass is 14.9. The fraction of sp³-hybridized carbons (Fsp3) is 0.286. The Morgan fingerprint density at radius 1 is 1.12 bits per heavy atom. The average Bonchev–Trinajstić information content (AvgIpc) is 2.37. The van der Waals surface area contributed by atoms with Gasteiger partial charge in [-0.2, -0.15) is 0 Å². The largest absolute Gasteiger partial charge is 0.399 e. The molecule has 0 heterocycles. The van der Waals surface area contributed by atoms with Crippen LogP contribution in [0.3, 0.4) is 0 Å². The first-order valence-electron chi connectivity index (χ1n) is 5.66. The SMILES string of the molecule is C=CC(=C)Nc1ccc(N)cc1.CC.CC. The summed E-state index contributed by atoms with van der Waals surface area (Å²) in [7, 11) is 0. The number of anilines is 2. The van der Waals surface area contributed by atoms with Crippen LogP contribution in [0.4, 0.5) is 11.4 Å². The Labute approximate surface area is 99.9 Å². The lowest BCUT2D eigenvalue weighted by molar-refractivity contribution is 1.50. The van der Waals surface area contributed by atoms with E-state index >= 15 is 0 Å². The van der Waals surface area contributed by atoms with E-state index in [0.717, 1.165) is 17.1 Å². The Kier molecular flexibility index (Phi) is 11.9. The number of nitrogen functional groups attached to an aromatic ring is 1. The molecule has 0 aromatic heterocycles. The maximum Gasteiger partial charge on any atom is 0.0385 e. The highest BCUT2D eigenvalue weighted by molar-refractivity contribution is 5.54. The highest BCUT2D eigenvalue weighted by Gasteiger charge is 1.90. The fourth-order valence-electron chi connectivity index (χ4n) is 0.803. The molecule has 3 N–H and O–H groups in total. The van der Waals surface area contributed by atoms with E-state index in [-0.39, 0.29) is 0 Å². The number of nitrogens with one attached hydrogen (secondary N) is 1. The number of hydrogen-bond acceptors (Lipinski definition) is 2. The summed E-state index contributed by atoms with van der Waals surface area (Å²) in [6, 6.07) is 7.45. The van der Waals surface area contributed by atoms with Gasteiger partial charge in [-0.1, -0.05) is 40.9 Å². The molecule has 0 radical (unpaired) electrons. The summed E-state index contributed by atoms with van der Waals surface area (Å²) in [5.74, 6) is 0. The third-order valence-electron chi connectivity index (χ3n) is 1.46. The molecule has 2 nitrogen and oxygen atoms in total. The number of nitrogens with two attached hydrogens (primary N) is 1. The zero-order valence-corrected chi connectivity index (χ0v) is 10.9. The van der Waals surface area contributed by atoms with Crippen molar-refractivity contribution in [1.82, 2.24) is 0 Å². The third kappa shape index (κ3) is 7.68. The fourth-order valence-corrected chi connectivity index (χ4v) is 0.803. The molecular weight excluding hydrogens is 196 g/mol. The van der Waals surface area contributed by atoms with Crippen molar-refractivity contribution in [1.29, 1.82) is 0 Å². The molecule has 0 atom stereocenters. The lowest BCUT2D eigenvalue weighted by Crippen LogP contribution is -1.94. The number of allylic oxidation sites excluding steroid dienone is 1. The van der Waals surface area contributed by atoms with Gasteiger partial charge in [0.1, 0.15) is 0 Å². The third-order valence-corrected chi connectivity index (χ3v) is 1.46. The minimum atomic E-state index is 0.754. The van der Waals surface area contributed by atoms with Gasteiger partial charge in [0.25, 0.3) is 0 Å². The van der Waals surface area contributed by atoms with E-state index in [0.29, 0.717) is 0 Å². The van der Waals surface area contributed by atoms with Gasteiger partial charge in [-0.15, -0.1) is 0 Å². The number of benzene rings is 1. The Morgan fingerprint density at radius 2 is 1.56 bits per heavy atom. The summed E-state index contributed by atoms with van der Waals surface area (Å²) in [6.07, 6.45) is 1.66. The van der Waals surface area contributed by atoms with Crippen LogP contribution in [0.5, 0.6) is 0 Å². The number of rotatable bonds is 3. The van der Waals surface area contributed by atoms with E-state index in [1.54, 1.807) is 6.08 Å². The van der Waals surface area contributed by atoms with Crippen LogP contribution in [0.2, 0.25) is 0 Å². The molecule has 0 unspecified atom stereocenters. The van der Waals surface area contributed by atoms with E-state index < -0.39 is 0 Å². The van der Waals surface area contributed by atoms with Gasteiger partial charge in [0.05, 0.1) is 0 Å². The van der Waals surface area contributed by atoms with E-state index in [9.17, 15) is 0 Å². The second-order valence-corrected chi connectivity index (χ2v) is 2.48. The minimum Gasteiger partial charge on any atom is -0.399 e. The summed E-state index contributed by atoms with van der Waals surface area (Å²) in [4.78, 5) is 0. The smallest absolute Gasteiger partial charge is 0.0385 e. The molecule has 0 aliphatic carbocycles. The maximum absolute atomic E-state index is 5.52. The van der Waals surface area contributed by atoms with Crippen molar-refractivity contribution >= 4 is 11.4 Å². The molecule has 0 bridgehead atoms. The lowest BCUT2D eigenvalue weighted by atomic mass is 10.3. The molecule has 0 aliphatic heterocycles. The van der Waals surface area contributed by atoms with Crippen molar-refractivity contribution in [3.63, 3.8) is 0 Å². The van der Waals surface area contributed by atoms with Crippen molar-refractivity contribution in [2.45, 2.75) is 27.7 Å². The molecule has 90 valence electrons. The Morgan fingerprint density at radius 3 is 1.94 bits per heavy atom. The molecule has 0 amide bonds. The summed E-state index contributed by atoms with van der Waals surface area (Å²) in [5.41, 5.74) is 8.02. The van der Waals surface area contributed by atoms with E-state index in [1.807, 2.05) is 52.0 Å². The predicted octanol–water partition coefficient (Wildman–Crippen LogP) is 4.43. The Balaban J connectivity index is 0. The van der Waals surface area contributed by atoms with Crippen molar-refractivity contribution in [3.8, 4) is 0 Å². The van der Waals surface area contributed by atoms with Crippen LogP contribution >= 0.6 is 0 Å². The predicted molar refractivity (Wildman–Crippen MR) is 76.5 cm³/mol. The van der Waals surface area contributed by atoms with Crippen molar-refractivity contribution in [3.05, 3.63) is 49.2 Å². The van der Waals surface area contributed by atoms with Gasteiger partial charge < -0.3 is 11.1 Å². The van der Waals surface area contributed by atoms with E-state index in [4.69, 9.17) is 5.73 Å². The topological polar surface area (TPSA) is 38.0 Å². The molecule has 1 rings (SSSR count). The highest BCUT2D eigenvalue weighted by Crippen LogP contribution is 2.12. The Bertz CT molecular complexity index is 286. The van der Waals surface area contributed by atoms with Gasteiger partial charge in [-0.25, -0.2) is 0 Å². The molecule has 0 aliphatic rings. The lowest BCUT2D eigenvalue weighted by Gasteiger charge is -2.04. The summed E-state index contributed by atoms with van der Waals surface area (Å²) >= 11 is 0. The van der Waals surface area contributed by atoms with Gasteiger partial charge in [0.2, 0.25) is 0 Å². The van der Waals surface area contributed by atoms with Crippen molar-refractivity contribution in [2.75, 3.05) is 11.1 Å². The molecular formula is C14H24N2. The average molecular weight is 220 g/mol. The molecule has 0 fully saturated rings. The zero-order chi connectivity index (χ0) is 13.0. The number of hydrogen-bond donors (Lipinski definition) is 2. The van der Waals surface area contributed by atoms with Crippen molar-refractivity contribution < 1.29 is 0 Å². The molecule has 0 saturated carbocycles. The van der Waals surface area contributed by atoms with Gasteiger partial charge in [0, 0.05) is 17.1 Å². The van der Waals surface area contributed by atoms with Crippen LogP contribution in [0.25, 0.3) is 0 Å². The van der Waals surface area contributed by atoms with Crippen LogP contribution in [-0.4, -0.2) is 0 Å². The zero-order valence-electron chi connectivity index (χ0n) is 10.9. The normalized spacial score (nSPS) is 7.50. The summed E-state index contributed by atoms with van der Waals surface area (Å²) in [6.45, 7) is 15.3. The van der Waals surface area contributed by atoms with Crippen LogP contribution in [0, 0.1) is 0 Å². The maximum atomic E-state index is 5.52. The second-order valence-electron chi connectivity index (χ2n) is 2.48. The van der Waals surface area contributed by atoms with Gasteiger partial charge in [-0.3, -0.25) is 0 Å². The summed E-state index contributed by atoms with van der Waals surface area (Å²) in [5, 5.41) is 3.05. The van der Waals surface area contributed by atoms with Crippen LogP contribution in [0.15, 0.2) is 49.2 Å². The summed E-state index contributed by atoms with van der Waals surface area (Å²) < 4.78 is 0. The second kappa shape index (κ2) is 11.4. The minimum absolute atomic E-state index is 0.754. The first kappa shape index (κ1) is 16.7. The van der Waals surface area contributed by atoms with E-state index in [1.165, 1.54) is 0 Å². The molecule has 0 saturated heterocycles. The molecule has 1 aromatic carbocycles. The Hall–Kier alpha value is -1.70.